The third kappa shape index (κ3) is 5.05. The summed E-state index contributed by atoms with van der Waals surface area (Å²) in [4.78, 5) is 14.4. The third-order valence-electron chi connectivity index (χ3n) is 4.58. The van der Waals surface area contributed by atoms with Crippen LogP contribution in [-0.2, 0) is 21.2 Å². The van der Waals surface area contributed by atoms with Gasteiger partial charge in [-0.3, -0.25) is 4.79 Å². The number of amides is 1. The van der Waals surface area contributed by atoms with Crippen molar-refractivity contribution in [3.63, 3.8) is 0 Å². The second-order valence-electron chi connectivity index (χ2n) is 6.79. The SMILES string of the molecule is Cc1ccc(CN(C(=O)COc2ccc(Cl)cc2C)[C@H]2CCS(=O)(=O)C2)o1. The van der Waals surface area contributed by atoms with Crippen LogP contribution < -0.4 is 4.74 Å². The van der Waals surface area contributed by atoms with Crippen LogP contribution in [0, 0.1) is 13.8 Å². The maximum Gasteiger partial charge on any atom is 0.261 e. The highest BCUT2D eigenvalue weighted by atomic mass is 35.5. The van der Waals surface area contributed by atoms with E-state index in [1.807, 2.05) is 19.9 Å². The van der Waals surface area contributed by atoms with Crippen LogP contribution in [0.5, 0.6) is 5.75 Å². The van der Waals surface area contributed by atoms with E-state index in [-0.39, 0.29) is 36.6 Å². The van der Waals surface area contributed by atoms with Crippen molar-refractivity contribution in [3.8, 4) is 5.75 Å². The van der Waals surface area contributed by atoms with Gasteiger partial charge in [0.1, 0.15) is 17.3 Å². The number of aryl methyl sites for hydroxylation is 2. The lowest BCUT2D eigenvalue weighted by atomic mass is 10.2. The molecule has 1 aromatic carbocycles. The quantitative estimate of drug-likeness (QED) is 0.729. The molecule has 0 saturated carbocycles. The van der Waals surface area contributed by atoms with Crippen LogP contribution in [-0.4, -0.2) is 43.4 Å². The van der Waals surface area contributed by atoms with E-state index < -0.39 is 9.84 Å². The molecule has 3 rings (SSSR count). The Balaban J connectivity index is 1.73. The van der Waals surface area contributed by atoms with Gasteiger partial charge in [-0.25, -0.2) is 8.42 Å². The second-order valence-corrected chi connectivity index (χ2v) is 9.45. The Kier molecular flexibility index (Phi) is 5.81. The minimum Gasteiger partial charge on any atom is -0.483 e. The van der Waals surface area contributed by atoms with Gasteiger partial charge in [-0.05, 0) is 56.2 Å². The Bertz CT molecular complexity index is 937. The predicted octanol–water partition coefficient (Wildman–Crippen LogP) is 3.14. The van der Waals surface area contributed by atoms with Gasteiger partial charge in [0.15, 0.2) is 16.4 Å². The summed E-state index contributed by atoms with van der Waals surface area (Å²) in [7, 11) is -3.12. The third-order valence-corrected chi connectivity index (χ3v) is 6.57. The first-order chi connectivity index (χ1) is 12.7. The summed E-state index contributed by atoms with van der Waals surface area (Å²) in [6, 6.07) is 8.41. The first-order valence-corrected chi connectivity index (χ1v) is 10.9. The Labute approximate surface area is 164 Å². The Morgan fingerprint density at radius 3 is 2.67 bits per heavy atom. The molecule has 8 heteroatoms. The van der Waals surface area contributed by atoms with Crippen molar-refractivity contribution < 1.29 is 22.4 Å². The van der Waals surface area contributed by atoms with Crippen molar-refractivity contribution in [2.45, 2.75) is 32.9 Å². The highest BCUT2D eigenvalue weighted by molar-refractivity contribution is 7.91. The second kappa shape index (κ2) is 7.94. The molecule has 0 aliphatic carbocycles. The van der Waals surface area contributed by atoms with Gasteiger partial charge in [0.2, 0.25) is 0 Å². The van der Waals surface area contributed by atoms with E-state index in [1.54, 1.807) is 29.2 Å². The molecule has 1 aliphatic rings. The smallest absolute Gasteiger partial charge is 0.261 e. The standard InChI is InChI=1S/C19H22ClNO5S/c1-13-9-15(20)4-6-18(13)25-11-19(22)21(10-17-5-3-14(2)26-17)16-7-8-27(23,24)12-16/h3-6,9,16H,7-8,10-12H2,1-2H3/t16-/m0/s1. The van der Waals surface area contributed by atoms with Crippen molar-refractivity contribution in [2.75, 3.05) is 18.1 Å². The number of ether oxygens (including phenoxy) is 1. The predicted molar refractivity (Wildman–Crippen MR) is 103 cm³/mol. The normalized spacial score (nSPS) is 18.4. The number of furan rings is 1. The maximum atomic E-state index is 12.8. The molecule has 1 fully saturated rings. The van der Waals surface area contributed by atoms with Gasteiger partial charge in [-0.1, -0.05) is 11.6 Å². The molecular formula is C19H22ClNO5S. The van der Waals surface area contributed by atoms with E-state index in [4.69, 9.17) is 20.8 Å². The summed E-state index contributed by atoms with van der Waals surface area (Å²) in [5, 5.41) is 0.595. The molecule has 0 radical (unpaired) electrons. The summed E-state index contributed by atoms with van der Waals surface area (Å²) in [6.45, 7) is 3.70. The first kappa shape index (κ1) is 19.8. The number of hydrogen-bond acceptors (Lipinski definition) is 5. The van der Waals surface area contributed by atoms with Crippen LogP contribution in [0.25, 0.3) is 0 Å². The molecular weight excluding hydrogens is 390 g/mol. The minimum atomic E-state index is -3.12. The highest BCUT2D eigenvalue weighted by Gasteiger charge is 2.35. The number of nitrogens with zero attached hydrogens (tertiary/aromatic N) is 1. The largest absolute Gasteiger partial charge is 0.483 e. The molecule has 2 heterocycles. The van der Waals surface area contributed by atoms with Crippen LogP contribution in [0.15, 0.2) is 34.7 Å². The van der Waals surface area contributed by atoms with Gasteiger partial charge in [-0.2, -0.15) is 0 Å². The molecule has 1 aliphatic heterocycles. The van der Waals surface area contributed by atoms with Crippen LogP contribution in [0.1, 0.15) is 23.5 Å². The van der Waals surface area contributed by atoms with Gasteiger partial charge in [0.05, 0.1) is 18.1 Å². The van der Waals surface area contributed by atoms with E-state index in [0.29, 0.717) is 23.0 Å². The lowest BCUT2D eigenvalue weighted by molar-refractivity contribution is -0.136. The lowest BCUT2D eigenvalue weighted by Crippen LogP contribution is -2.43. The monoisotopic (exact) mass is 411 g/mol. The molecule has 0 bridgehead atoms. The molecule has 27 heavy (non-hydrogen) atoms. The fourth-order valence-corrected chi connectivity index (χ4v) is 5.13. The summed E-state index contributed by atoms with van der Waals surface area (Å²) < 4.78 is 35.0. The van der Waals surface area contributed by atoms with E-state index in [9.17, 15) is 13.2 Å². The number of halogens is 1. The molecule has 1 atom stereocenters. The molecule has 1 saturated heterocycles. The number of carbonyl (C=O) groups is 1. The zero-order chi connectivity index (χ0) is 19.6. The van der Waals surface area contributed by atoms with Crippen molar-refractivity contribution in [3.05, 3.63) is 52.4 Å². The van der Waals surface area contributed by atoms with Crippen LogP contribution in [0.4, 0.5) is 0 Å². The van der Waals surface area contributed by atoms with Gasteiger partial charge < -0.3 is 14.1 Å². The van der Waals surface area contributed by atoms with Crippen molar-refractivity contribution in [1.82, 2.24) is 4.90 Å². The van der Waals surface area contributed by atoms with E-state index >= 15 is 0 Å². The van der Waals surface area contributed by atoms with Gasteiger partial charge in [-0.15, -0.1) is 0 Å². The molecule has 0 unspecified atom stereocenters. The minimum absolute atomic E-state index is 0.0294. The fourth-order valence-electron chi connectivity index (χ4n) is 3.18. The molecule has 0 N–H and O–H groups in total. The number of benzene rings is 1. The van der Waals surface area contributed by atoms with Crippen LogP contribution >= 0.6 is 11.6 Å². The van der Waals surface area contributed by atoms with Gasteiger partial charge in [0.25, 0.3) is 5.91 Å². The molecule has 2 aromatic rings. The summed E-state index contributed by atoms with van der Waals surface area (Å²) >= 11 is 5.94. The van der Waals surface area contributed by atoms with Crippen molar-refractivity contribution >= 4 is 27.3 Å². The molecule has 146 valence electrons. The van der Waals surface area contributed by atoms with Crippen LogP contribution in [0.2, 0.25) is 5.02 Å². The summed E-state index contributed by atoms with van der Waals surface area (Å²) in [5.41, 5.74) is 0.826. The van der Waals surface area contributed by atoms with Crippen molar-refractivity contribution in [2.24, 2.45) is 0 Å². The number of hydrogen-bond donors (Lipinski definition) is 0. The molecule has 1 amide bonds. The zero-order valence-electron chi connectivity index (χ0n) is 15.3. The molecule has 6 nitrogen and oxygen atoms in total. The average molecular weight is 412 g/mol. The average Bonchev–Trinajstić information content (AvgIpc) is 3.16. The van der Waals surface area contributed by atoms with E-state index in [1.165, 1.54) is 0 Å². The Morgan fingerprint density at radius 1 is 1.30 bits per heavy atom. The van der Waals surface area contributed by atoms with Gasteiger partial charge in [0, 0.05) is 11.1 Å². The number of carbonyl (C=O) groups excluding carboxylic acids is 1. The maximum absolute atomic E-state index is 12.8. The topological polar surface area (TPSA) is 76.8 Å². The fraction of sp³-hybridized carbons (Fsp3) is 0.421. The van der Waals surface area contributed by atoms with E-state index in [0.717, 1.165) is 11.3 Å². The zero-order valence-corrected chi connectivity index (χ0v) is 16.8. The summed E-state index contributed by atoms with van der Waals surface area (Å²) in [6.07, 6.45) is 0.424. The number of rotatable bonds is 6. The molecule has 1 aromatic heterocycles. The number of sulfone groups is 1. The Morgan fingerprint density at radius 2 is 2.07 bits per heavy atom. The summed E-state index contributed by atoms with van der Waals surface area (Å²) in [5.74, 6) is 1.71. The van der Waals surface area contributed by atoms with E-state index in [2.05, 4.69) is 0 Å². The first-order valence-electron chi connectivity index (χ1n) is 8.68. The van der Waals surface area contributed by atoms with Gasteiger partial charge >= 0.3 is 0 Å². The molecule has 0 spiro atoms. The van der Waals surface area contributed by atoms with Crippen molar-refractivity contribution in [1.29, 1.82) is 0 Å². The van der Waals surface area contributed by atoms with Crippen LogP contribution in [0.3, 0.4) is 0 Å². The highest BCUT2D eigenvalue weighted by Crippen LogP contribution is 2.24. The lowest BCUT2D eigenvalue weighted by Gasteiger charge is -2.27. The Hall–Kier alpha value is -1.99.